The molecule has 0 fully saturated rings. The summed E-state index contributed by atoms with van der Waals surface area (Å²) in [4.78, 5) is 25.2. The molecule has 0 aliphatic carbocycles. The topological polar surface area (TPSA) is 67.4 Å². The zero-order valence-electron chi connectivity index (χ0n) is 20.9. The maximum atomic E-state index is 12.6. The smallest absolute Gasteiger partial charge is 0.262 e. The summed E-state index contributed by atoms with van der Waals surface area (Å²) in [6.07, 6.45) is 0. The molecule has 2 N–H and O–H groups in total. The molecule has 0 aromatic heterocycles. The second-order valence-corrected chi connectivity index (χ2v) is 10.4. The number of carbonyl (C=O) groups is 2. The number of anilines is 2. The standard InChI is InChI=1S/C29H34N2O3/c1-28(2,3)21-15-16-25(24(18-21)29(4,5)6)34-19-26(32)30-23-14-10-11-20(17-23)27(33)31-22-12-8-7-9-13-22/h7-18H,19H2,1-6H3,(H,30,32)(H,31,33). The number of rotatable bonds is 6. The van der Waals surface area contributed by atoms with Gasteiger partial charge in [0.25, 0.3) is 11.8 Å². The third-order valence-corrected chi connectivity index (χ3v) is 5.45. The van der Waals surface area contributed by atoms with Crippen LogP contribution in [0.15, 0.2) is 72.8 Å². The number of amides is 2. The molecule has 3 aromatic rings. The van der Waals surface area contributed by atoms with Crippen molar-refractivity contribution in [3.05, 3.63) is 89.5 Å². The Morgan fingerprint density at radius 2 is 1.41 bits per heavy atom. The second kappa shape index (κ2) is 10.1. The Hall–Kier alpha value is -3.60. The second-order valence-electron chi connectivity index (χ2n) is 10.4. The van der Waals surface area contributed by atoms with E-state index in [1.165, 1.54) is 5.56 Å². The minimum Gasteiger partial charge on any atom is -0.483 e. The predicted octanol–water partition coefficient (Wildman–Crippen LogP) is 6.55. The first-order valence-corrected chi connectivity index (χ1v) is 11.5. The first-order chi connectivity index (χ1) is 15.9. The van der Waals surface area contributed by atoms with Crippen molar-refractivity contribution in [1.29, 1.82) is 0 Å². The number of carbonyl (C=O) groups excluding carboxylic acids is 2. The van der Waals surface area contributed by atoms with Gasteiger partial charge >= 0.3 is 0 Å². The minimum atomic E-state index is -0.291. The third kappa shape index (κ3) is 6.70. The fraction of sp³-hybridized carbons (Fsp3) is 0.310. The average molecular weight is 459 g/mol. The van der Waals surface area contributed by atoms with E-state index in [1.54, 1.807) is 24.3 Å². The molecular weight excluding hydrogens is 424 g/mol. The van der Waals surface area contributed by atoms with E-state index in [4.69, 9.17) is 4.74 Å². The van der Waals surface area contributed by atoms with E-state index in [2.05, 4.69) is 64.3 Å². The van der Waals surface area contributed by atoms with Gasteiger partial charge in [-0.1, -0.05) is 77.9 Å². The summed E-state index contributed by atoms with van der Waals surface area (Å²) in [5.74, 6) is 0.166. The molecule has 3 rings (SSSR count). The highest BCUT2D eigenvalue weighted by Crippen LogP contribution is 2.35. The highest BCUT2D eigenvalue weighted by molar-refractivity contribution is 6.05. The van der Waals surface area contributed by atoms with Crippen molar-refractivity contribution in [3.8, 4) is 5.75 Å². The quantitative estimate of drug-likeness (QED) is 0.440. The molecule has 178 valence electrons. The largest absolute Gasteiger partial charge is 0.483 e. The van der Waals surface area contributed by atoms with Crippen LogP contribution in [0, 0.1) is 0 Å². The summed E-state index contributed by atoms with van der Waals surface area (Å²) in [5, 5.41) is 5.67. The lowest BCUT2D eigenvalue weighted by atomic mass is 9.80. The molecule has 0 saturated heterocycles. The maximum Gasteiger partial charge on any atom is 0.262 e. The highest BCUT2D eigenvalue weighted by atomic mass is 16.5. The van der Waals surface area contributed by atoms with Gasteiger partial charge in [-0.2, -0.15) is 0 Å². The lowest BCUT2D eigenvalue weighted by Crippen LogP contribution is -2.23. The summed E-state index contributed by atoms with van der Waals surface area (Å²) in [7, 11) is 0. The van der Waals surface area contributed by atoms with Crippen molar-refractivity contribution in [2.75, 3.05) is 17.2 Å². The number of benzene rings is 3. The van der Waals surface area contributed by atoms with Crippen molar-refractivity contribution >= 4 is 23.2 Å². The monoisotopic (exact) mass is 458 g/mol. The molecule has 0 heterocycles. The van der Waals surface area contributed by atoms with Crippen LogP contribution in [0.5, 0.6) is 5.75 Å². The van der Waals surface area contributed by atoms with Crippen LogP contribution in [0.1, 0.15) is 63.0 Å². The zero-order chi connectivity index (χ0) is 24.9. The van der Waals surface area contributed by atoms with Gasteiger partial charge in [-0.15, -0.1) is 0 Å². The maximum absolute atomic E-state index is 12.6. The van der Waals surface area contributed by atoms with Crippen LogP contribution in [0.4, 0.5) is 11.4 Å². The van der Waals surface area contributed by atoms with Gasteiger partial charge in [0.15, 0.2) is 6.61 Å². The minimum absolute atomic E-state index is 0.0216. The van der Waals surface area contributed by atoms with E-state index in [1.807, 2.05) is 36.4 Å². The van der Waals surface area contributed by atoms with Gasteiger partial charge in [0.05, 0.1) is 0 Å². The number of hydrogen-bond donors (Lipinski definition) is 2. The zero-order valence-corrected chi connectivity index (χ0v) is 20.9. The van der Waals surface area contributed by atoms with Crippen LogP contribution in [0.2, 0.25) is 0 Å². The third-order valence-electron chi connectivity index (χ3n) is 5.45. The molecule has 0 atom stereocenters. The van der Waals surface area contributed by atoms with E-state index >= 15 is 0 Å². The lowest BCUT2D eigenvalue weighted by Gasteiger charge is -2.27. The normalized spacial score (nSPS) is 11.6. The van der Waals surface area contributed by atoms with E-state index in [9.17, 15) is 9.59 Å². The summed E-state index contributed by atoms with van der Waals surface area (Å²) in [6.45, 7) is 12.8. The molecule has 0 unspecified atom stereocenters. The van der Waals surface area contributed by atoms with Crippen LogP contribution in [0.25, 0.3) is 0 Å². The molecule has 5 heteroatoms. The van der Waals surface area contributed by atoms with Crippen LogP contribution >= 0.6 is 0 Å². The first kappa shape index (κ1) is 25.0. The van der Waals surface area contributed by atoms with Gasteiger partial charge in [-0.05, 0) is 58.4 Å². The highest BCUT2D eigenvalue weighted by Gasteiger charge is 2.23. The predicted molar refractivity (Wildman–Crippen MR) is 139 cm³/mol. The fourth-order valence-corrected chi connectivity index (χ4v) is 3.51. The summed E-state index contributed by atoms with van der Waals surface area (Å²) in [6, 6.07) is 22.2. The van der Waals surface area contributed by atoms with Crippen molar-refractivity contribution in [2.45, 2.75) is 52.4 Å². The number of nitrogens with one attached hydrogen (secondary N) is 2. The van der Waals surface area contributed by atoms with Gasteiger partial charge in [0, 0.05) is 16.9 Å². The number of para-hydroxylation sites is 1. The van der Waals surface area contributed by atoms with Crippen molar-refractivity contribution in [1.82, 2.24) is 0 Å². The number of ether oxygens (including phenoxy) is 1. The van der Waals surface area contributed by atoms with Gasteiger partial charge < -0.3 is 15.4 Å². The average Bonchev–Trinajstić information content (AvgIpc) is 2.77. The van der Waals surface area contributed by atoms with Gasteiger partial charge in [-0.25, -0.2) is 0 Å². The molecule has 0 aliphatic heterocycles. The van der Waals surface area contributed by atoms with Gasteiger partial charge in [-0.3, -0.25) is 9.59 Å². The van der Waals surface area contributed by atoms with Crippen LogP contribution in [-0.2, 0) is 15.6 Å². The Balaban J connectivity index is 1.67. The Labute approximate surface area is 202 Å². The Bertz CT molecular complexity index is 1160. The van der Waals surface area contributed by atoms with E-state index < -0.39 is 0 Å². The number of hydrogen-bond acceptors (Lipinski definition) is 3. The Morgan fingerprint density at radius 1 is 0.735 bits per heavy atom. The lowest BCUT2D eigenvalue weighted by molar-refractivity contribution is -0.118. The summed E-state index contributed by atoms with van der Waals surface area (Å²) in [5.41, 5.74) is 3.87. The molecule has 0 spiro atoms. The summed E-state index contributed by atoms with van der Waals surface area (Å²) < 4.78 is 5.93. The fourth-order valence-electron chi connectivity index (χ4n) is 3.51. The molecular formula is C29H34N2O3. The Kier molecular flexibility index (Phi) is 7.45. The van der Waals surface area contributed by atoms with E-state index in [0.29, 0.717) is 22.7 Å². The van der Waals surface area contributed by atoms with E-state index in [-0.39, 0.29) is 29.3 Å². The molecule has 3 aromatic carbocycles. The Morgan fingerprint density at radius 3 is 2.06 bits per heavy atom. The molecule has 5 nitrogen and oxygen atoms in total. The molecule has 34 heavy (non-hydrogen) atoms. The molecule has 0 aliphatic rings. The molecule has 0 bridgehead atoms. The van der Waals surface area contributed by atoms with Crippen LogP contribution < -0.4 is 15.4 Å². The molecule has 2 amide bonds. The van der Waals surface area contributed by atoms with E-state index in [0.717, 1.165) is 5.56 Å². The SMILES string of the molecule is CC(C)(C)c1ccc(OCC(=O)Nc2cccc(C(=O)Nc3ccccc3)c2)c(C(C)(C)C)c1. The van der Waals surface area contributed by atoms with Crippen molar-refractivity contribution < 1.29 is 14.3 Å². The molecule has 0 radical (unpaired) electrons. The van der Waals surface area contributed by atoms with Crippen LogP contribution in [0.3, 0.4) is 0 Å². The van der Waals surface area contributed by atoms with Gasteiger partial charge in [0.1, 0.15) is 5.75 Å². The van der Waals surface area contributed by atoms with Crippen molar-refractivity contribution in [3.63, 3.8) is 0 Å². The van der Waals surface area contributed by atoms with Crippen molar-refractivity contribution in [2.24, 2.45) is 0 Å². The first-order valence-electron chi connectivity index (χ1n) is 11.5. The van der Waals surface area contributed by atoms with Gasteiger partial charge in [0.2, 0.25) is 0 Å². The summed E-state index contributed by atoms with van der Waals surface area (Å²) >= 11 is 0. The van der Waals surface area contributed by atoms with Crippen LogP contribution in [-0.4, -0.2) is 18.4 Å². The molecule has 0 saturated carbocycles.